The summed E-state index contributed by atoms with van der Waals surface area (Å²) < 4.78 is 27.4. The maximum atomic E-state index is 12.5. The molecule has 2 aromatic rings. The molecule has 2 aromatic carbocycles. The van der Waals surface area contributed by atoms with E-state index in [1.165, 1.54) is 24.3 Å². The van der Waals surface area contributed by atoms with Gasteiger partial charge in [0.25, 0.3) is 15.7 Å². The van der Waals surface area contributed by atoms with E-state index in [0.29, 0.717) is 18.8 Å². The summed E-state index contributed by atoms with van der Waals surface area (Å²) in [7, 11) is -4.03. The number of hydrogen-bond donors (Lipinski definition) is 2. The second kappa shape index (κ2) is 5.39. The first-order valence-electron chi connectivity index (χ1n) is 6.57. The van der Waals surface area contributed by atoms with Crippen molar-refractivity contribution in [2.75, 3.05) is 4.72 Å². The lowest BCUT2D eigenvalue weighted by atomic mass is 10.1. The van der Waals surface area contributed by atoms with Gasteiger partial charge in [-0.25, -0.2) is 8.42 Å². The number of rotatable bonds is 4. The van der Waals surface area contributed by atoms with Crippen LogP contribution in [0.5, 0.6) is 0 Å². The Morgan fingerprint density at radius 1 is 1.09 bits per heavy atom. The summed E-state index contributed by atoms with van der Waals surface area (Å²) in [6.45, 7) is 1.24. The van der Waals surface area contributed by atoms with Crippen LogP contribution in [-0.4, -0.2) is 13.3 Å². The van der Waals surface area contributed by atoms with Crippen molar-refractivity contribution in [3.63, 3.8) is 0 Å². The number of fused-ring (bicyclic) bond motifs is 1. The van der Waals surface area contributed by atoms with Crippen LogP contribution < -0.4 is 10.0 Å². The molecule has 114 valence electrons. The molecule has 0 saturated carbocycles. The lowest BCUT2D eigenvalue weighted by Crippen LogP contribution is -2.16. The van der Waals surface area contributed by atoms with Crippen LogP contribution >= 0.6 is 0 Å². The molecular formula is C14H13N3O4S. The fraction of sp³-hybridized carbons (Fsp3) is 0.143. The van der Waals surface area contributed by atoms with Crippen LogP contribution in [0.15, 0.2) is 47.4 Å². The van der Waals surface area contributed by atoms with Crippen molar-refractivity contribution in [3.8, 4) is 0 Å². The van der Waals surface area contributed by atoms with E-state index in [1.807, 2.05) is 6.07 Å². The lowest BCUT2D eigenvalue weighted by molar-refractivity contribution is -0.387. The molecule has 0 spiro atoms. The summed E-state index contributed by atoms with van der Waals surface area (Å²) in [6, 6.07) is 10.6. The van der Waals surface area contributed by atoms with E-state index in [4.69, 9.17) is 0 Å². The highest BCUT2D eigenvalue weighted by Crippen LogP contribution is 2.29. The molecule has 8 heteroatoms. The van der Waals surface area contributed by atoms with Gasteiger partial charge in [0, 0.05) is 19.2 Å². The fourth-order valence-corrected chi connectivity index (χ4v) is 3.73. The predicted molar refractivity (Wildman–Crippen MR) is 80.9 cm³/mol. The number of anilines is 1. The average molecular weight is 319 g/mol. The van der Waals surface area contributed by atoms with Gasteiger partial charge < -0.3 is 5.32 Å². The van der Waals surface area contributed by atoms with Crippen LogP contribution in [0.4, 0.5) is 11.4 Å². The quantitative estimate of drug-likeness (QED) is 0.663. The van der Waals surface area contributed by atoms with Gasteiger partial charge in [0.2, 0.25) is 0 Å². The number of sulfonamides is 1. The molecular weight excluding hydrogens is 306 g/mol. The topological polar surface area (TPSA) is 101 Å². The van der Waals surface area contributed by atoms with Gasteiger partial charge in [-0.05, 0) is 23.3 Å². The summed E-state index contributed by atoms with van der Waals surface area (Å²) in [6.07, 6.45) is 0. The molecule has 0 amide bonds. The Bertz CT molecular complexity index is 849. The molecule has 0 fully saturated rings. The molecule has 3 rings (SSSR count). The SMILES string of the molecule is O=[N+]([O-])c1ccccc1S(=O)(=O)Nc1cccc2c1CNC2. The molecule has 2 N–H and O–H groups in total. The highest BCUT2D eigenvalue weighted by atomic mass is 32.2. The third-order valence-electron chi connectivity index (χ3n) is 3.49. The Balaban J connectivity index is 2.03. The summed E-state index contributed by atoms with van der Waals surface area (Å²) in [5.41, 5.74) is 1.88. The average Bonchev–Trinajstić information content (AvgIpc) is 2.96. The molecule has 0 unspecified atom stereocenters. The van der Waals surface area contributed by atoms with Crippen molar-refractivity contribution < 1.29 is 13.3 Å². The largest absolute Gasteiger partial charge is 0.309 e. The van der Waals surface area contributed by atoms with Crippen LogP contribution in [0.3, 0.4) is 0 Å². The maximum absolute atomic E-state index is 12.5. The van der Waals surface area contributed by atoms with Crippen LogP contribution in [0, 0.1) is 10.1 Å². The number of para-hydroxylation sites is 1. The van der Waals surface area contributed by atoms with Crippen molar-refractivity contribution in [1.82, 2.24) is 5.32 Å². The zero-order valence-electron chi connectivity index (χ0n) is 11.4. The van der Waals surface area contributed by atoms with Crippen LogP contribution in [0.1, 0.15) is 11.1 Å². The Hall–Kier alpha value is -2.45. The van der Waals surface area contributed by atoms with E-state index in [-0.39, 0.29) is 4.90 Å². The number of hydrogen-bond acceptors (Lipinski definition) is 5. The Morgan fingerprint density at radius 2 is 1.86 bits per heavy atom. The van der Waals surface area contributed by atoms with E-state index < -0.39 is 20.6 Å². The maximum Gasteiger partial charge on any atom is 0.289 e. The standard InChI is InChI=1S/C14H13N3O4S/c18-17(19)13-6-1-2-7-14(13)22(20,21)16-12-5-3-4-10-8-15-9-11(10)12/h1-7,15-16H,8-9H2. The monoisotopic (exact) mass is 319 g/mol. The van der Waals surface area contributed by atoms with Gasteiger partial charge in [0.1, 0.15) is 0 Å². The first kappa shape index (κ1) is 14.5. The third kappa shape index (κ3) is 2.53. The normalized spacial score (nSPS) is 13.6. The van der Waals surface area contributed by atoms with Crippen molar-refractivity contribution in [3.05, 3.63) is 63.7 Å². The van der Waals surface area contributed by atoms with Crippen molar-refractivity contribution in [2.45, 2.75) is 18.0 Å². The molecule has 1 aliphatic rings. The first-order chi connectivity index (χ1) is 10.5. The molecule has 0 saturated heterocycles. The van der Waals surface area contributed by atoms with Crippen LogP contribution in [0.25, 0.3) is 0 Å². The van der Waals surface area contributed by atoms with Gasteiger partial charge in [-0.3, -0.25) is 14.8 Å². The summed E-state index contributed by atoms with van der Waals surface area (Å²) in [4.78, 5) is 9.96. The Labute approximate surface area is 127 Å². The summed E-state index contributed by atoms with van der Waals surface area (Å²) in [5, 5.41) is 14.2. The number of nitro benzene ring substituents is 1. The number of nitrogens with one attached hydrogen (secondary N) is 2. The van der Waals surface area contributed by atoms with Gasteiger partial charge in [-0.1, -0.05) is 24.3 Å². The third-order valence-corrected chi connectivity index (χ3v) is 4.90. The molecule has 0 radical (unpaired) electrons. The van der Waals surface area contributed by atoms with E-state index in [1.54, 1.807) is 12.1 Å². The van der Waals surface area contributed by atoms with Gasteiger partial charge in [-0.2, -0.15) is 0 Å². The van der Waals surface area contributed by atoms with E-state index in [2.05, 4.69) is 10.0 Å². The number of nitrogens with zero attached hydrogens (tertiary/aromatic N) is 1. The lowest BCUT2D eigenvalue weighted by Gasteiger charge is -2.11. The van der Waals surface area contributed by atoms with E-state index in [9.17, 15) is 18.5 Å². The second-order valence-electron chi connectivity index (χ2n) is 4.88. The zero-order chi connectivity index (χ0) is 15.7. The fourth-order valence-electron chi connectivity index (χ4n) is 2.46. The predicted octanol–water partition coefficient (Wildman–Crippen LogP) is 2.00. The molecule has 0 aromatic heterocycles. The highest BCUT2D eigenvalue weighted by molar-refractivity contribution is 7.92. The molecule has 0 bridgehead atoms. The summed E-state index contributed by atoms with van der Waals surface area (Å²) >= 11 is 0. The molecule has 1 aliphatic heterocycles. The Morgan fingerprint density at radius 3 is 2.64 bits per heavy atom. The number of benzene rings is 2. The summed E-state index contributed by atoms with van der Waals surface area (Å²) in [5.74, 6) is 0. The first-order valence-corrected chi connectivity index (χ1v) is 8.05. The highest BCUT2D eigenvalue weighted by Gasteiger charge is 2.26. The van der Waals surface area contributed by atoms with Crippen LogP contribution in [0.2, 0.25) is 0 Å². The van der Waals surface area contributed by atoms with Gasteiger partial charge in [-0.15, -0.1) is 0 Å². The minimum atomic E-state index is -4.03. The second-order valence-corrected chi connectivity index (χ2v) is 6.53. The van der Waals surface area contributed by atoms with Gasteiger partial charge >= 0.3 is 0 Å². The molecule has 0 atom stereocenters. The van der Waals surface area contributed by atoms with Gasteiger partial charge in [0.15, 0.2) is 4.90 Å². The smallest absolute Gasteiger partial charge is 0.289 e. The molecule has 1 heterocycles. The molecule has 22 heavy (non-hydrogen) atoms. The van der Waals surface area contributed by atoms with E-state index in [0.717, 1.165) is 11.1 Å². The number of nitro groups is 1. The molecule has 7 nitrogen and oxygen atoms in total. The van der Waals surface area contributed by atoms with Crippen molar-refractivity contribution in [2.24, 2.45) is 0 Å². The zero-order valence-corrected chi connectivity index (χ0v) is 12.3. The van der Waals surface area contributed by atoms with E-state index >= 15 is 0 Å². The van der Waals surface area contributed by atoms with Crippen molar-refractivity contribution in [1.29, 1.82) is 0 Å². The van der Waals surface area contributed by atoms with Crippen molar-refractivity contribution >= 4 is 21.4 Å². The Kier molecular flexibility index (Phi) is 3.55. The molecule has 0 aliphatic carbocycles. The van der Waals surface area contributed by atoms with Crippen LogP contribution in [-0.2, 0) is 23.1 Å². The minimum absolute atomic E-state index is 0.344. The minimum Gasteiger partial charge on any atom is -0.309 e. The van der Waals surface area contributed by atoms with Gasteiger partial charge in [0.05, 0.1) is 10.6 Å².